The van der Waals surface area contributed by atoms with E-state index in [1.807, 2.05) is 26.0 Å². The zero-order valence-electron chi connectivity index (χ0n) is 10.7. The number of hydrogen-bond donors (Lipinski definition) is 1. The number of fused-ring (bicyclic) bond motifs is 2. The largest absolute Gasteiger partial charge is 0.461 e. The summed E-state index contributed by atoms with van der Waals surface area (Å²) in [7, 11) is 0. The van der Waals surface area contributed by atoms with Crippen LogP contribution in [0, 0.1) is 13.8 Å². The third-order valence-electron chi connectivity index (χ3n) is 3.22. The van der Waals surface area contributed by atoms with Crippen LogP contribution in [0.25, 0.3) is 21.9 Å². The maximum absolute atomic E-state index is 6.40. The summed E-state index contributed by atoms with van der Waals surface area (Å²) >= 11 is 6.40. The van der Waals surface area contributed by atoms with Gasteiger partial charge in [0.15, 0.2) is 5.58 Å². The van der Waals surface area contributed by atoms with Crippen LogP contribution >= 0.6 is 11.6 Å². The second-order valence-corrected chi connectivity index (χ2v) is 4.99. The predicted octanol–water partition coefficient (Wildman–Crippen LogP) is 3.88. The summed E-state index contributed by atoms with van der Waals surface area (Å²) in [5.41, 5.74) is 2.50. The molecular formula is C14H14ClNO3. The van der Waals surface area contributed by atoms with Crippen molar-refractivity contribution < 1.29 is 13.7 Å². The second-order valence-electron chi connectivity index (χ2n) is 4.61. The van der Waals surface area contributed by atoms with Gasteiger partial charge in [-0.05, 0) is 26.0 Å². The molecule has 0 aliphatic rings. The van der Waals surface area contributed by atoms with Gasteiger partial charge in [-0.2, -0.15) is 0 Å². The lowest BCUT2D eigenvalue weighted by Crippen LogP contribution is -2.04. The Bertz CT molecular complexity index is 699. The van der Waals surface area contributed by atoms with Crippen molar-refractivity contribution in [1.82, 2.24) is 0 Å². The van der Waals surface area contributed by atoms with Crippen molar-refractivity contribution in [3.05, 3.63) is 34.2 Å². The van der Waals surface area contributed by atoms with Gasteiger partial charge in [-0.1, -0.05) is 11.6 Å². The van der Waals surface area contributed by atoms with Crippen LogP contribution < -0.4 is 5.90 Å². The van der Waals surface area contributed by atoms with E-state index in [-0.39, 0.29) is 0 Å². The molecule has 0 bridgehead atoms. The highest BCUT2D eigenvalue weighted by molar-refractivity contribution is 6.40. The number of nitrogens with two attached hydrogens (primary N) is 1. The molecule has 1 aromatic carbocycles. The van der Waals surface area contributed by atoms with Gasteiger partial charge in [-0.3, -0.25) is 0 Å². The normalized spacial score (nSPS) is 11.8. The molecule has 0 aliphatic carbocycles. The zero-order chi connectivity index (χ0) is 13.6. The van der Waals surface area contributed by atoms with Gasteiger partial charge in [0.1, 0.15) is 17.1 Å². The smallest absolute Gasteiger partial charge is 0.154 e. The van der Waals surface area contributed by atoms with Crippen molar-refractivity contribution in [2.75, 3.05) is 6.61 Å². The fraction of sp³-hybridized carbons (Fsp3) is 0.286. The number of benzene rings is 1. The van der Waals surface area contributed by atoms with Gasteiger partial charge >= 0.3 is 0 Å². The summed E-state index contributed by atoms with van der Waals surface area (Å²) in [4.78, 5) is 4.68. The first-order valence-corrected chi connectivity index (χ1v) is 6.42. The van der Waals surface area contributed by atoms with Gasteiger partial charge in [0.05, 0.1) is 11.6 Å². The summed E-state index contributed by atoms with van der Waals surface area (Å²) in [6.45, 7) is 4.20. The highest BCUT2D eigenvalue weighted by Crippen LogP contribution is 2.39. The van der Waals surface area contributed by atoms with E-state index in [0.717, 1.165) is 33.4 Å². The molecule has 0 spiro atoms. The minimum Gasteiger partial charge on any atom is -0.461 e. The Morgan fingerprint density at radius 2 is 1.74 bits per heavy atom. The first-order valence-electron chi connectivity index (χ1n) is 6.04. The first kappa shape index (κ1) is 12.5. The standard InChI is InChI=1S/C14H14ClNO3/c1-7-5-10-9(3-4-17-16)13-11(6-8(2)18-13)12(15)14(10)19-7/h5-6H,3-4,16H2,1-2H3. The third kappa shape index (κ3) is 1.92. The average molecular weight is 280 g/mol. The monoisotopic (exact) mass is 279 g/mol. The van der Waals surface area contributed by atoms with Crippen LogP contribution in [0.15, 0.2) is 21.0 Å². The maximum Gasteiger partial charge on any atom is 0.154 e. The average Bonchev–Trinajstić information content (AvgIpc) is 2.93. The number of aryl methyl sites for hydroxylation is 2. The molecule has 19 heavy (non-hydrogen) atoms. The van der Waals surface area contributed by atoms with Gasteiger partial charge in [-0.15, -0.1) is 0 Å². The Hall–Kier alpha value is -1.49. The number of furan rings is 2. The molecule has 0 fully saturated rings. The van der Waals surface area contributed by atoms with E-state index in [2.05, 4.69) is 4.84 Å². The molecule has 2 aromatic heterocycles. The van der Waals surface area contributed by atoms with E-state index in [4.69, 9.17) is 26.3 Å². The maximum atomic E-state index is 6.40. The lowest BCUT2D eigenvalue weighted by Gasteiger charge is -2.05. The fourth-order valence-corrected chi connectivity index (χ4v) is 2.74. The minimum absolute atomic E-state index is 0.413. The minimum atomic E-state index is 0.413. The highest BCUT2D eigenvalue weighted by Gasteiger charge is 2.19. The SMILES string of the molecule is Cc1cc2c(CCON)c3oc(C)cc3c(Cl)c2o1. The zero-order valence-corrected chi connectivity index (χ0v) is 11.5. The molecule has 3 rings (SSSR count). The van der Waals surface area contributed by atoms with E-state index in [9.17, 15) is 0 Å². The quantitative estimate of drug-likeness (QED) is 0.739. The van der Waals surface area contributed by atoms with Crippen LogP contribution in [-0.4, -0.2) is 6.61 Å². The van der Waals surface area contributed by atoms with Crippen molar-refractivity contribution in [3.63, 3.8) is 0 Å². The van der Waals surface area contributed by atoms with Crippen LogP contribution in [0.1, 0.15) is 17.1 Å². The van der Waals surface area contributed by atoms with Gasteiger partial charge in [0, 0.05) is 22.8 Å². The van der Waals surface area contributed by atoms with Crippen LogP contribution in [0.2, 0.25) is 5.02 Å². The van der Waals surface area contributed by atoms with Gasteiger partial charge < -0.3 is 13.7 Å². The molecule has 3 aromatic rings. The molecular weight excluding hydrogens is 266 g/mol. The summed E-state index contributed by atoms with van der Waals surface area (Å²) in [5.74, 6) is 6.76. The van der Waals surface area contributed by atoms with Crippen molar-refractivity contribution in [3.8, 4) is 0 Å². The molecule has 0 saturated carbocycles. The van der Waals surface area contributed by atoms with Crippen molar-refractivity contribution in [2.24, 2.45) is 5.90 Å². The lowest BCUT2D eigenvalue weighted by molar-refractivity contribution is 0.141. The summed E-state index contributed by atoms with van der Waals surface area (Å²) in [5, 5.41) is 2.42. The molecule has 0 atom stereocenters. The molecule has 0 saturated heterocycles. The molecule has 0 amide bonds. The summed E-state index contributed by atoms with van der Waals surface area (Å²) < 4.78 is 11.5. The third-order valence-corrected chi connectivity index (χ3v) is 3.59. The Balaban J connectivity index is 2.40. The van der Waals surface area contributed by atoms with Crippen LogP contribution in [0.5, 0.6) is 0 Å². The number of rotatable bonds is 3. The predicted molar refractivity (Wildman–Crippen MR) is 74.3 cm³/mol. The van der Waals surface area contributed by atoms with E-state index >= 15 is 0 Å². The fourth-order valence-electron chi connectivity index (χ4n) is 2.46. The van der Waals surface area contributed by atoms with Crippen molar-refractivity contribution in [1.29, 1.82) is 0 Å². The topological polar surface area (TPSA) is 61.5 Å². The van der Waals surface area contributed by atoms with Crippen LogP contribution in [0.3, 0.4) is 0 Å². The molecule has 0 unspecified atom stereocenters. The Kier molecular flexibility index (Phi) is 3.01. The van der Waals surface area contributed by atoms with Gasteiger partial charge in [-0.25, -0.2) is 5.90 Å². The van der Waals surface area contributed by atoms with E-state index in [0.29, 0.717) is 23.6 Å². The van der Waals surface area contributed by atoms with Crippen LogP contribution in [-0.2, 0) is 11.3 Å². The second kappa shape index (κ2) is 4.56. The number of halogens is 1. The molecule has 4 nitrogen and oxygen atoms in total. The van der Waals surface area contributed by atoms with Gasteiger partial charge in [0.2, 0.25) is 0 Å². The summed E-state index contributed by atoms with van der Waals surface area (Å²) in [6, 6.07) is 3.88. The van der Waals surface area contributed by atoms with Gasteiger partial charge in [0.25, 0.3) is 0 Å². The van der Waals surface area contributed by atoms with Crippen molar-refractivity contribution in [2.45, 2.75) is 20.3 Å². The molecule has 2 heterocycles. The number of hydrogen-bond acceptors (Lipinski definition) is 4. The molecule has 100 valence electrons. The Morgan fingerprint density at radius 1 is 1.11 bits per heavy atom. The molecule has 2 N–H and O–H groups in total. The Labute approximate surface area is 115 Å². The Morgan fingerprint density at radius 3 is 2.42 bits per heavy atom. The highest BCUT2D eigenvalue weighted by atomic mass is 35.5. The van der Waals surface area contributed by atoms with E-state index in [1.54, 1.807) is 0 Å². The van der Waals surface area contributed by atoms with Crippen molar-refractivity contribution >= 4 is 33.5 Å². The molecule has 0 radical (unpaired) electrons. The lowest BCUT2D eigenvalue weighted by atomic mass is 10.0. The summed E-state index contributed by atoms with van der Waals surface area (Å²) in [6.07, 6.45) is 0.645. The first-order chi connectivity index (χ1) is 9.11. The molecule has 0 aliphatic heterocycles. The molecule has 5 heteroatoms. The van der Waals surface area contributed by atoms with Crippen LogP contribution in [0.4, 0.5) is 0 Å². The van der Waals surface area contributed by atoms with E-state index < -0.39 is 0 Å². The van der Waals surface area contributed by atoms with E-state index in [1.165, 1.54) is 0 Å².